The monoisotopic (exact) mass is 429 g/mol. The number of benzene rings is 1. The third kappa shape index (κ3) is 2.26. The minimum Gasteiger partial charge on any atom is -0.506 e. The van der Waals surface area contributed by atoms with Crippen LogP contribution in [-0.4, -0.2) is 10.1 Å². The fourth-order valence-electron chi connectivity index (χ4n) is 1.09. The number of hydrogen-bond acceptors (Lipinski definition) is 2. The molecule has 1 heterocycles. The van der Waals surface area contributed by atoms with Crippen LogP contribution in [0.2, 0.25) is 0 Å². The van der Waals surface area contributed by atoms with Gasteiger partial charge in [-0.05, 0) is 12.1 Å². The maximum Gasteiger partial charge on any atom is 1.00 e. The van der Waals surface area contributed by atoms with Crippen molar-refractivity contribution in [3.05, 3.63) is 44.0 Å². The summed E-state index contributed by atoms with van der Waals surface area (Å²) >= 11 is 0. The molecule has 0 bridgehead atoms. The predicted octanol–water partition coefficient (Wildman–Crippen LogP) is -0.605. The third-order valence-corrected chi connectivity index (χ3v) is 1.61. The maximum absolute atomic E-state index is 9.31. The van der Waals surface area contributed by atoms with Gasteiger partial charge in [0.25, 0.3) is 0 Å². The summed E-state index contributed by atoms with van der Waals surface area (Å²) in [4.78, 5) is 4.03. The van der Waals surface area contributed by atoms with Crippen LogP contribution in [0.4, 0.5) is 0 Å². The quantitative estimate of drug-likeness (QED) is 0.448. The van der Waals surface area contributed by atoms with Crippen molar-refractivity contribution in [3.8, 4) is 5.75 Å². The van der Waals surface area contributed by atoms with E-state index in [4.69, 9.17) is 0 Å². The Labute approximate surface area is 89.8 Å². The molecule has 1 aromatic heterocycles. The summed E-state index contributed by atoms with van der Waals surface area (Å²) in [5, 5.41) is 10.3. The number of para-hydroxylation sites is 1. The molecule has 0 aliphatic rings. The molecule has 2 aromatic rings. The first-order valence-corrected chi connectivity index (χ1v) is 3.40. The summed E-state index contributed by atoms with van der Waals surface area (Å²) in [5.74, 6) is 0.239. The zero-order valence-corrected chi connectivity index (χ0v) is 10.3. The van der Waals surface area contributed by atoms with E-state index in [9.17, 15) is 5.11 Å². The second-order valence-electron chi connectivity index (χ2n) is 2.35. The summed E-state index contributed by atoms with van der Waals surface area (Å²) in [6, 6.07) is 9.13. The second-order valence-corrected chi connectivity index (χ2v) is 2.35. The van der Waals surface area contributed by atoms with Gasteiger partial charge in [-0.2, -0.15) is 0 Å². The molecule has 77 valence electrons. The summed E-state index contributed by atoms with van der Waals surface area (Å²) in [5.41, 5.74) is 0.662. The van der Waals surface area contributed by atoms with Gasteiger partial charge in [-0.15, -0.1) is 0 Å². The average molecular weight is 429 g/mol. The van der Waals surface area contributed by atoms with Crippen LogP contribution in [-0.2, 0) is 0 Å². The van der Waals surface area contributed by atoms with Gasteiger partial charge in [-0.25, -0.2) is 0 Å². The van der Waals surface area contributed by atoms with E-state index in [2.05, 4.69) is 4.98 Å². The molecule has 1 N–H and O–H groups in total. The van der Waals surface area contributed by atoms with Crippen LogP contribution >= 0.6 is 0 Å². The number of fused-ring (bicyclic) bond motifs is 1. The first-order chi connectivity index (χ1) is 5.38. The van der Waals surface area contributed by atoms with E-state index < -0.39 is 0 Å². The first-order valence-electron chi connectivity index (χ1n) is 3.40. The summed E-state index contributed by atoms with van der Waals surface area (Å²) in [6.07, 6.45) is 1.67. The number of aromatic hydroxyl groups is 1. The average Bonchev–Trinajstić information content (AvgIpc) is 2.06. The molecule has 2 nitrogen and oxygen atoms in total. The molecular weight excluding hydrogens is 419 g/mol. The van der Waals surface area contributed by atoms with Crippen molar-refractivity contribution in [3.63, 3.8) is 0 Å². The molecule has 0 spiro atoms. The molecule has 2 rings (SSSR count). The van der Waals surface area contributed by atoms with Crippen LogP contribution in [0.5, 0.6) is 5.75 Å². The van der Waals surface area contributed by atoms with Crippen molar-refractivity contribution in [1.82, 2.24) is 4.98 Å². The number of pyridine rings is 1. The van der Waals surface area contributed by atoms with Gasteiger partial charge in [-0.3, -0.25) is 4.98 Å². The Morgan fingerprint density at radius 2 is 1.71 bits per heavy atom. The number of phenolic OH excluding ortho intramolecular Hbond substituents is 1. The van der Waals surface area contributed by atoms with Gasteiger partial charge in [0.05, 0.1) is 0 Å². The predicted molar refractivity (Wildman–Crippen MR) is 49.8 cm³/mol. The van der Waals surface area contributed by atoms with Crippen molar-refractivity contribution in [1.29, 1.82) is 0 Å². The van der Waals surface area contributed by atoms with E-state index in [1.165, 1.54) is 0 Å². The van der Waals surface area contributed by atoms with Crippen molar-refractivity contribution in [2.24, 2.45) is 0 Å². The molecule has 0 aliphatic heterocycles. The molecule has 0 amide bonds. The molecule has 0 unspecified atom stereocenters. The van der Waals surface area contributed by atoms with E-state index in [0.717, 1.165) is 5.39 Å². The van der Waals surface area contributed by atoms with Crippen LogP contribution in [0, 0.1) is 7.43 Å². The van der Waals surface area contributed by atoms with E-state index in [1.807, 2.05) is 18.2 Å². The van der Waals surface area contributed by atoms with E-state index >= 15 is 0 Å². The van der Waals surface area contributed by atoms with Crippen LogP contribution < -0.4 is 18.9 Å². The SMILES string of the molecule is Oc1cccc2cccnc12.[CH3-].[Li+].[Lr]. The zero-order chi connectivity index (χ0) is 7.68. The Balaban J connectivity index is 0. The topological polar surface area (TPSA) is 33.1 Å². The van der Waals surface area contributed by atoms with Gasteiger partial charge in [0.2, 0.25) is 0 Å². The fraction of sp³-hybridized carbons (Fsp3) is 0. The van der Waals surface area contributed by atoms with E-state index in [0.29, 0.717) is 5.52 Å². The Hall–Kier alpha value is -1.97. The minimum atomic E-state index is 0. The van der Waals surface area contributed by atoms with Crippen LogP contribution in [0.1, 0.15) is 0 Å². The van der Waals surface area contributed by atoms with Gasteiger partial charge in [0.15, 0.2) is 0 Å². The largest absolute Gasteiger partial charge is 1.00 e. The second kappa shape index (κ2) is 5.64. The van der Waals surface area contributed by atoms with Crippen molar-refractivity contribution in [2.45, 2.75) is 0 Å². The molecule has 14 heavy (non-hydrogen) atoms. The summed E-state index contributed by atoms with van der Waals surface area (Å²) in [7, 11) is 0. The molecule has 0 fully saturated rings. The third-order valence-electron chi connectivity index (χ3n) is 1.61. The van der Waals surface area contributed by atoms with Crippen LogP contribution in [0.25, 0.3) is 10.9 Å². The Morgan fingerprint density at radius 3 is 2.36 bits per heavy atom. The standard InChI is InChI=1S/C9H7NO.CH3.Li.Lr/c11-8-5-1-3-7-4-2-6-10-9(7)8;;;/h1-6,11H;1H3;;/q;-1;+1;. The van der Waals surface area contributed by atoms with Gasteiger partial charge in [0.1, 0.15) is 11.3 Å². The van der Waals surface area contributed by atoms with Gasteiger partial charge < -0.3 is 12.5 Å². The molecule has 1 aromatic carbocycles. The van der Waals surface area contributed by atoms with E-state index in [1.54, 1.807) is 18.3 Å². The number of aromatic nitrogens is 1. The van der Waals surface area contributed by atoms with Crippen molar-refractivity contribution < 1.29 is 24.0 Å². The normalized spacial score (nSPS) is 8.00. The summed E-state index contributed by atoms with van der Waals surface area (Å²) < 4.78 is 0. The van der Waals surface area contributed by atoms with Crippen molar-refractivity contribution >= 4 is 10.9 Å². The number of phenols is 1. The molecule has 0 aliphatic carbocycles. The number of hydrogen-bond donors (Lipinski definition) is 1. The van der Waals surface area contributed by atoms with E-state index in [-0.39, 0.29) is 32.0 Å². The Morgan fingerprint density at radius 1 is 1.07 bits per heavy atom. The Bertz CT molecular complexity index is 389. The molecule has 0 saturated carbocycles. The fourth-order valence-corrected chi connectivity index (χ4v) is 1.09. The molecule has 0 saturated heterocycles. The molecular formula is C10H10LiLrNO. The molecule has 0 atom stereocenters. The maximum atomic E-state index is 9.31. The van der Waals surface area contributed by atoms with Crippen molar-refractivity contribution in [2.75, 3.05) is 0 Å². The summed E-state index contributed by atoms with van der Waals surface area (Å²) in [6.45, 7) is 0. The van der Waals surface area contributed by atoms with Gasteiger partial charge >= 0.3 is 18.9 Å². The number of rotatable bonds is 0. The smallest absolute Gasteiger partial charge is 0.506 e. The minimum absolute atomic E-state index is 0. The van der Waals surface area contributed by atoms with Crippen LogP contribution in [0.15, 0.2) is 36.5 Å². The molecule has 1 radical (unpaired) electrons. The van der Waals surface area contributed by atoms with Gasteiger partial charge in [-0.1, -0.05) is 18.2 Å². The zero-order valence-electron chi connectivity index (χ0n) is 8.12. The number of nitrogens with zero attached hydrogens (tertiary/aromatic N) is 1. The molecule has 4 heteroatoms. The first kappa shape index (κ1) is 14.5. The van der Waals surface area contributed by atoms with Gasteiger partial charge in [0, 0.05) is 11.6 Å². The Kier molecular flexibility index (Phi) is 5.85. The van der Waals surface area contributed by atoms with Crippen LogP contribution in [0.3, 0.4) is 0 Å².